The summed E-state index contributed by atoms with van der Waals surface area (Å²) >= 11 is 0. The fourth-order valence-electron chi connectivity index (χ4n) is 4.17. The van der Waals surface area contributed by atoms with E-state index < -0.39 is 19.2 Å². The summed E-state index contributed by atoms with van der Waals surface area (Å²) in [5.74, 6) is -1.16. The summed E-state index contributed by atoms with van der Waals surface area (Å²) in [7, 11) is -4.05. The number of halogens is 2. The van der Waals surface area contributed by atoms with Crippen molar-refractivity contribution in [3.05, 3.63) is 71.1 Å². The molecule has 2 heterocycles. The zero-order valence-electron chi connectivity index (χ0n) is 19.3. The minimum Gasteiger partial charge on any atom is -0.332 e. The monoisotopic (exact) mass is 504 g/mol. The summed E-state index contributed by atoms with van der Waals surface area (Å²) in [6, 6.07) is 12.4. The van der Waals surface area contributed by atoms with Gasteiger partial charge in [0.05, 0.1) is 6.04 Å². The Bertz CT molecular complexity index is 1220. The number of hydrogen-bond donors (Lipinski definition) is 2. The van der Waals surface area contributed by atoms with E-state index in [9.17, 15) is 13.3 Å². The largest absolute Gasteiger partial charge is 0.332 e. The van der Waals surface area contributed by atoms with Crippen molar-refractivity contribution in [3.8, 4) is 11.4 Å². The van der Waals surface area contributed by atoms with Gasteiger partial charge in [-0.15, -0.1) is 0 Å². The summed E-state index contributed by atoms with van der Waals surface area (Å²) in [6.07, 6.45) is 1.63. The van der Waals surface area contributed by atoms with Gasteiger partial charge in [0, 0.05) is 30.3 Å². The molecule has 0 spiro atoms. The average Bonchev–Trinajstić information content (AvgIpc) is 3.47. The molecule has 3 aromatic rings. The maximum atomic E-state index is 14.7. The SMILES string of the molecule is CCN1N=C(c2nc(-c3cc(F)c(CCCCCP(=O)(O)O)c(F)c3)no2)CC1c1ccccc1. The molecule has 2 aromatic carbocycles. The van der Waals surface area contributed by atoms with Crippen molar-refractivity contribution in [2.45, 2.75) is 45.1 Å². The van der Waals surface area contributed by atoms with E-state index in [1.165, 1.54) is 12.1 Å². The van der Waals surface area contributed by atoms with Crippen LogP contribution in [0, 0.1) is 11.6 Å². The Balaban J connectivity index is 1.44. The van der Waals surface area contributed by atoms with Gasteiger partial charge in [0.25, 0.3) is 5.89 Å². The Morgan fingerprint density at radius 2 is 1.83 bits per heavy atom. The lowest BCUT2D eigenvalue weighted by Crippen LogP contribution is -2.18. The molecule has 0 amide bonds. The van der Waals surface area contributed by atoms with E-state index in [-0.39, 0.29) is 41.5 Å². The van der Waals surface area contributed by atoms with E-state index in [1.807, 2.05) is 42.3 Å². The predicted octanol–water partition coefficient (Wildman–Crippen LogP) is 5.08. The molecule has 0 saturated heterocycles. The molecular weight excluding hydrogens is 477 g/mol. The smallest absolute Gasteiger partial charge is 0.325 e. The fraction of sp³-hybridized carbons (Fsp3) is 0.375. The summed E-state index contributed by atoms with van der Waals surface area (Å²) < 4.78 is 45.6. The number of hydrazone groups is 1. The fourth-order valence-corrected chi connectivity index (χ4v) is 4.80. The van der Waals surface area contributed by atoms with E-state index in [0.29, 0.717) is 37.9 Å². The highest BCUT2D eigenvalue weighted by atomic mass is 31.2. The highest BCUT2D eigenvalue weighted by Gasteiger charge is 2.30. The van der Waals surface area contributed by atoms with Gasteiger partial charge in [0.1, 0.15) is 17.3 Å². The van der Waals surface area contributed by atoms with E-state index in [2.05, 4.69) is 15.2 Å². The van der Waals surface area contributed by atoms with Crippen LogP contribution < -0.4 is 0 Å². The quantitative estimate of drug-likeness (QED) is 0.293. The third kappa shape index (κ3) is 6.20. The van der Waals surface area contributed by atoms with Crippen molar-refractivity contribution in [2.75, 3.05) is 12.7 Å². The van der Waals surface area contributed by atoms with Gasteiger partial charge in [-0.1, -0.05) is 41.9 Å². The van der Waals surface area contributed by atoms with Gasteiger partial charge in [-0.25, -0.2) is 8.78 Å². The number of rotatable bonds is 10. The molecule has 4 rings (SSSR count). The lowest BCUT2D eigenvalue weighted by molar-refractivity contribution is 0.246. The van der Waals surface area contributed by atoms with Crippen molar-refractivity contribution in [3.63, 3.8) is 0 Å². The first-order valence-corrected chi connectivity index (χ1v) is 13.3. The Morgan fingerprint density at radius 3 is 2.49 bits per heavy atom. The molecule has 186 valence electrons. The molecule has 1 unspecified atom stereocenters. The van der Waals surface area contributed by atoms with Crippen LogP contribution in [0.25, 0.3) is 11.4 Å². The molecule has 1 aliphatic rings. The van der Waals surface area contributed by atoms with Crippen LogP contribution in [0.15, 0.2) is 52.1 Å². The van der Waals surface area contributed by atoms with E-state index >= 15 is 0 Å². The van der Waals surface area contributed by atoms with Gasteiger partial charge >= 0.3 is 7.60 Å². The first-order valence-electron chi connectivity index (χ1n) is 11.5. The number of hydrogen-bond acceptors (Lipinski definition) is 6. The van der Waals surface area contributed by atoms with Gasteiger partial charge < -0.3 is 14.3 Å². The number of nitrogens with zero attached hydrogens (tertiary/aromatic N) is 4. The minimum absolute atomic E-state index is 0.0439. The zero-order chi connectivity index (χ0) is 25.0. The molecule has 0 bridgehead atoms. The van der Waals surface area contributed by atoms with Crippen LogP contribution in [-0.4, -0.2) is 43.4 Å². The molecule has 11 heteroatoms. The second kappa shape index (κ2) is 10.8. The van der Waals surface area contributed by atoms with Crippen LogP contribution in [0.5, 0.6) is 0 Å². The molecule has 8 nitrogen and oxygen atoms in total. The molecular formula is C24H27F2N4O4P. The van der Waals surface area contributed by atoms with Gasteiger partial charge in [-0.05, 0) is 43.9 Å². The Labute approximate surface area is 201 Å². The second-order valence-electron chi connectivity index (χ2n) is 8.47. The minimum atomic E-state index is -4.05. The third-order valence-corrected chi connectivity index (χ3v) is 6.85. The molecule has 1 atom stereocenters. The second-order valence-corrected chi connectivity index (χ2v) is 10.3. The van der Waals surface area contributed by atoms with Crippen molar-refractivity contribution in [2.24, 2.45) is 5.10 Å². The number of unbranched alkanes of at least 4 members (excludes halogenated alkanes) is 2. The molecule has 0 aliphatic carbocycles. The van der Waals surface area contributed by atoms with Crippen molar-refractivity contribution >= 4 is 13.3 Å². The highest BCUT2D eigenvalue weighted by molar-refractivity contribution is 7.51. The van der Waals surface area contributed by atoms with E-state index in [0.717, 1.165) is 5.56 Å². The Morgan fingerprint density at radius 1 is 1.11 bits per heavy atom. The van der Waals surface area contributed by atoms with Gasteiger partial charge in [0.2, 0.25) is 5.82 Å². The van der Waals surface area contributed by atoms with Crippen LogP contribution >= 0.6 is 7.60 Å². The number of aromatic nitrogens is 2. The van der Waals surface area contributed by atoms with Crippen LogP contribution in [0.2, 0.25) is 0 Å². The molecule has 0 fully saturated rings. The maximum Gasteiger partial charge on any atom is 0.325 e. The van der Waals surface area contributed by atoms with Crippen molar-refractivity contribution < 1.29 is 27.7 Å². The lowest BCUT2D eigenvalue weighted by atomic mass is 10.0. The molecule has 35 heavy (non-hydrogen) atoms. The van der Waals surface area contributed by atoms with Crippen LogP contribution in [0.3, 0.4) is 0 Å². The van der Waals surface area contributed by atoms with E-state index in [4.69, 9.17) is 14.3 Å². The van der Waals surface area contributed by atoms with Gasteiger partial charge in [-0.2, -0.15) is 10.1 Å². The summed E-state index contributed by atoms with van der Waals surface area (Å²) in [6.45, 7) is 2.70. The third-order valence-electron chi connectivity index (χ3n) is 5.95. The molecule has 0 saturated carbocycles. The average molecular weight is 504 g/mol. The Kier molecular flexibility index (Phi) is 7.74. The summed E-state index contributed by atoms with van der Waals surface area (Å²) in [5.41, 5.74) is 1.82. The normalized spacial score (nSPS) is 16.1. The number of benzene rings is 2. The van der Waals surface area contributed by atoms with Crippen molar-refractivity contribution in [1.82, 2.24) is 15.1 Å². The predicted molar refractivity (Wildman–Crippen MR) is 127 cm³/mol. The van der Waals surface area contributed by atoms with Crippen LogP contribution in [0.1, 0.15) is 55.7 Å². The standard InChI is InChI=1S/C24H27F2N4O4P/c1-2-30-22(16-9-5-3-6-10-16)15-21(28-30)24-27-23(29-34-24)17-13-19(25)18(20(26)14-17)11-7-4-8-12-35(31,32)33/h3,5-6,9-10,13-14,22H,2,4,7-8,11-12,15H2,1H3,(H2,31,32,33). The first-order chi connectivity index (χ1) is 16.7. The summed E-state index contributed by atoms with van der Waals surface area (Å²) in [5, 5.41) is 10.5. The topological polar surface area (TPSA) is 112 Å². The van der Waals surface area contributed by atoms with Gasteiger partial charge in [-0.3, -0.25) is 9.57 Å². The van der Waals surface area contributed by atoms with Crippen LogP contribution in [0.4, 0.5) is 8.78 Å². The molecule has 2 N–H and O–H groups in total. The molecule has 1 aromatic heterocycles. The molecule has 1 aliphatic heterocycles. The van der Waals surface area contributed by atoms with Gasteiger partial charge in [0.15, 0.2) is 0 Å². The summed E-state index contributed by atoms with van der Waals surface area (Å²) in [4.78, 5) is 22.1. The van der Waals surface area contributed by atoms with Crippen LogP contribution in [-0.2, 0) is 11.0 Å². The van der Waals surface area contributed by atoms with Crippen molar-refractivity contribution in [1.29, 1.82) is 0 Å². The first kappa shape index (κ1) is 25.2. The maximum absolute atomic E-state index is 14.7. The zero-order valence-corrected chi connectivity index (χ0v) is 20.2. The highest BCUT2D eigenvalue weighted by Crippen LogP contribution is 2.36. The Hall–Kier alpha value is -2.94. The van der Waals surface area contributed by atoms with E-state index in [1.54, 1.807) is 0 Å². The molecule has 0 radical (unpaired) electrons. The lowest BCUT2D eigenvalue weighted by Gasteiger charge is -2.21.